The first-order chi connectivity index (χ1) is 15.0. The molecule has 1 aliphatic rings. The Hall–Kier alpha value is -3.30. The van der Waals surface area contributed by atoms with E-state index < -0.39 is 10.0 Å². The number of thiophene rings is 1. The smallest absolute Gasteiger partial charge is 0.264 e. The highest BCUT2D eigenvalue weighted by Gasteiger charge is 2.44. The molecule has 1 fully saturated rings. The molecule has 1 aliphatic carbocycles. The van der Waals surface area contributed by atoms with E-state index in [0.29, 0.717) is 0 Å². The van der Waals surface area contributed by atoms with Gasteiger partial charge in [0.25, 0.3) is 10.0 Å². The van der Waals surface area contributed by atoms with Crippen LogP contribution in [0.5, 0.6) is 0 Å². The zero-order valence-electron chi connectivity index (χ0n) is 16.2. The number of nitrogens with one attached hydrogen (secondary N) is 2. The highest BCUT2D eigenvalue weighted by Crippen LogP contribution is 2.48. The molecule has 2 aromatic heterocycles. The SMILES string of the molecule is O=C(Nc1ccc2ccsc2c1)[C@@H]1CC1c1ccc(S(=O)(=O)Nc2ncccn2)cc1. The van der Waals surface area contributed by atoms with Crippen LogP contribution in [0.15, 0.2) is 77.3 Å². The van der Waals surface area contributed by atoms with Gasteiger partial charge in [0.2, 0.25) is 11.9 Å². The highest BCUT2D eigenvalue weighted by molar-refractivity contribution is 7.92. The van der Waals surface area contributed by atoms with Crippen molar-refractivity contribution in [2.75, 3.05) is 10.0 Å². The molecule has 1 unspecified atom stereocenters. The van der Waals surface area contributed by atoms with Gasteiger partial charge in [-0.2, -0.15) is 0 Å². The number of hydrogen-bond donors (Lipinski definition) is 2. The highest BCUT2D eigenvalue weighted by atomic mass is 32.2. The molecule has 5 rings (SSSR count). The maximum absolute atomic E-state index is 12.6. The van der Waals surface area contributed by atoms with Crippen molar-refractivity contribution in [1.29, 1.82) is 0 Å². The molecule has 0 bridgehead atoms. The molecule has 156 valence electrons. The Bertz CT molecular complexity index is 1350. The summed E-state index contributed by atoms with van der Waals surface area (Å²) < 4.78 is 28.5. The van der Waals surface area contributed by atoms with Gasteiger partial charge in [-0.1, -0.05) is 18.2 Å². The number of sulfonamides is 1. The first-order valence-corrected chi connectivity index (χ1v) is 12.0. The molecule has 1 amide bonds. The molecule has 0 saturated heterocycles. The Kier molecular flexibility index (Phi) is 4.91. The zero-order chi connectivity index (χ0) is 21.4. The largest absolute Gasteiger partial charge is 0.326 e. The lowest BCUT2D eigenvalue weighted by Gasteiger charge is -2.08. The van der Waals surface area contributed by atoms with Crippen LogP contribution in [0.25, 0.3) is 10.1 Å². The van der Waals surface area contributed by atoms with Gasteiger partial charge in [-0.05, 0) is 65.1 Å². The van der Waals surface area contributed by atoms with Crippen molar-refractivity contribution in [3.8, 4) is 0 Å². The van der Waals surface area contributed by atoms with Crippen LogP contribution in [0.4, 0.5) is 11.6 Å². The van der Waals surface area contributed by atoms with Gasteiger partial charge in [-0.25, -0.2) is 23.1 Å². The first-order valence-electron chi connectivity index (χ1n) is 9.67. The monoisotopic (exact) mass is 450 g/mol. The van der Waals surface area contributed by atoms with Gasteiger partial charge in [0, 0.05) is 28.7 Å². The molecular formula is C22H18N4O3S2. The maximum atomic E-state index is 12.6. The number of anilines is 2. The van der Waals surface area contributed by atoms with Gasteiger partial charge >= 0.3 is 0 Å². The Morgan fingerprint density at radius 3 is 2.58 bits per heavy atom. The molecule has 9 heteroatoms. The van der Waals surface area contributed by atoms with Gasteiger partial charge in [0.1, 0.15) is 0 Å². The van der Waals surface area contributed by atoms with Gasteiger partial charge in [0.15, 0.2) is 0 Å². The number of hydrogen-bond acceptors (Lipinski definition) is 6. The van der Waals surface area contributed by atoms with Crippen LogP contribution in [0.3, 0.4) is 0 Å². The summed E-state index contributed by atoms with van der Waals surface area (Å²) in [5, 5.41) is 6.19. The third kappa shape index (κ3) is 4.14. The normalized spacial score (nSPS) is 17.9. The van der Waals surface area contributed by atoms with Crippen LogP contribution < -0.4 is 10.0 Å². The molecule has 0 spiro atoms. The zero-order valence-corrected chi connectivity index (χ0v) is 17.9. The van der Waals surface area contributed by atoms with Gasteiger partial charge in [-0.3, -0.25) is 4.79 Å². The number of nitrogens with zero attached hydrogens (tertiary/aromatic N) is 2. The van der Waals surface area contributed by atoms with E-state index in [2.05, 4.69) is 26.1 Å². The van der Waals surface area contributed by atoms with Crippen LogP contribution in [0.2, 0.25) is 0 Å². The van der Waals surface area contributed by atoms with Crippen LogP contribution in [-0.4, -0.2) is 24.3 Å². The fraction of sp³-hybridized carbons (Fsp3) is 0.136. The van der Waals surface area contributed by atoms with E-state index in [1.165, 1.54) is 12.4 Å². The lowest BCUT2D eigenvalue weighted by Crippen LogP contribution is -2.15. The molecule has 2 atom stereocenters. The Morgan fingerprint density at radius 1 is 1.03 bits per heavy atom. The van der Waals surface area contributed by atoms with E-state index in [9.17, 15) is 13.2 Å². The minimum atomic E-state index is -3.77. The molecular weight excluding hydrogens is 432 g/mol. The fourth-order valence-electron chi connectivity index (χ4n) is 3.55. The summed E-state index contributed by atoms with van der Waals surface area (Å²) in [5.74, 6) is -0.0169. The Labute approximate surface area is 183 Å². The molecule has 7 nitrogen and oxygen atoms in total. The summed E-state index contributed by atoms with van der Waals surface area (Å²) in [6, 6.07) is 16.2. The van der Waals surface area contributed by atoms with Crippen LogP contribution in [0, 0.1) is 5.92 Å². The minimum Gasteiger partial charge on any atom is -0.326 e. The standard InChI is InChI=1S/C22H18N4O3S2/c27-21(25-16-5-2-15-8-11-30-20(15)12-16)19-13-18(19)14-3-6-17(7-4-14)31(28,29)26-22-23-9-1-10-24-22/h1-12,18-19H,13H2,(H,25,27)(H,23,24,26)/t18?,19-/m1/s1. The molecule has 4 aromatic rings. The van der Waals surface area contributed by atoms with Gasteiger partial charge in [0.05, 0.1) is 4.90 Å². The van der Waals surface area contributed by atoms with E-state index >= 15 is 0 Å². The molecule has 0 radical (unpaired) electrons. The number of aromatic nitrogens is 2. The fourth-order valence-corrected chi connectivity index (χ4v) is 5.33. The molecule has 31 heavy (non-hydrogen) atoms. The lowest BCUT2D eigenvalue weighted by molar-refractivity contribution is -0.117. The van der Waals surface area contributed by atoms with Crippen LogP contribution >= 0.6 is 11.3 Å². The van der Waals surface area contributed by atoms with Crippen molar-refractivity contribution in [2.45, 2.75) is 17.2 Å². The van der Waals surface area contributed by atoms with Crippen molar-refractivity contribution in [2.24, 2.45) is 5.92 Å². The maximum Gasteiger partial charge on any atom is 0.264 e. The second-order valence-corrected chi connectivity index (χ2v) is 9.99. The van der Waals surface area contributed by atoms with E-state index in [1.54, 1.807) is 41.7 Å². The lowest BCUT2D eigenvalue weighted by atomic mass is 10.1. The van der Waals surface area contributed by atoms with Crippen molar-refractivity contribution >= 4 is 49.0 Å². The number of carbonyl (C=O) groups is 1. The minimum absolute atomic E-state index is 0.0134. The molecule has 2 aromatic carbocycles. The van der Waals surface area contributed by atoms with Crippen LogP contribution in [0.1, 0.15) is 17.9 Å². The van der Waals surface area contributed by atoms with E-state index in [4.69, 9.17) is 0 Å². The molecule has 2 heterocycles. The van der Waals surface area contributed by atoms with Crippen LogP contribution in [-0.2, 0) is 14.8 Å². The third-order valence-electron chi connectivity index (χ3n) is 5.26. The average Bonchev–Trinajstić information content (AvgIpc) is 3.44. The van der Waals surface area contributed by atoms with Crippen molar-refractivity contribution < 1.29 is 13.2 Å². The van der Waals surface area contributed by atoms with E-state index in [0.717, 1.165) is 27.8 Å². The molecule has 1 saturated carbocycles. The van der Waals surface area contributed by atoms with E-state index in [1.807, 2.05) is 23.6 Å². The summed E-state index contributed by atoms with van der Waals surface area (Å²) in [6.45, 7) is 0. The predicted octanol–water partition coefficient (Wildman–Crippen LogP) is 4.23. The van der Waals surface area contributed by atoms with Crippen molar-refractivity contribution in [3.05, 3.63) is 77.9 Å². The first kappa shape index (κ1) is 19.7. The number of benzene rings is 2. The molecule has 0 aliphatic heterocycles. The van der Waals surface area contributed by atoms with Crippen molar-refractivity contribution in [1.82, 2.24) is 9.97 Å². The summed E-state index contributed by atoms with van der Waals surface area (Å²) in [6.07, 6.45) is 3.67. The number of rotatable bonds is 6. The summed E-state index contributed by atoms with van der Waals surface area (Å²) in [5.41, 5.74) is 1.74. The average molecular weight is 451 g/mol. The summed E-state index contributed by atoms with van der Waals surface area (Å²) >= 11 is 1.64. The van der Waals surface area contributed by atoms with Gasteiger partial charge < -0.3 is 5.32 Å². The second kappa shape index (κ2) is 7.75. The Morgan fingerprint density at radius 2 is 1.81 bits per heavy atom. The second-order valence-electron chi connectivity index (χ2n) is 7.36. The number of fused-ring (bicyclic) bond motifs is 1. The number of carbonyl (C=O) groups excluding carboxylic acids is 1. The Balaban J connectivity index is 1.24. The predicted molar refractivity (Wildman–Crippen MR) is 121 cm³/mol. The number of amides is 1. The van der Waals surface area contributed by atoms with E-state index in [-0.39, 0.29) is 28.6 Å². The quantitative estimate of drug-likeness (QED) is 0.458. The summed E-state index contributed by atoms with van der Waals surface area (Å²) in [4.78, 5) is 20.5. The third-order valence-corrected chi connectivity index (χ3v) is 7.48. The summed E-state index contributed by atoms with van der Waals surface area (Å²) in [7, 11) is -3.77. The van der Waals surface area contributed by atoms with Gasteiger partial charge in [-0.15, -0.1) is 11.3 Å². The molecule has 2 N–H and O–H groups in total. The van der Waals surface area contributed by atoms with Crippen molar-refractivity contribution in [3.63, 3.8) is 0 Å². The topological polar surface area (TPSA) is 101 Å².